The topological polar surface area (TPSA) is 97.1 Å². The summed E-state index contributed by atoms with van der Waals surface area (Å²) < 4.78 is 43.5. The van der Waals surface area contributed by atoms with Gasteiger partial charge in [-0.1, -0.05) is 6.07 Å². The van der Waals surface area contributed by atoms with Gasteiger partial charge in [0.15, 0.2) is 11.5 Å². The van der Waals surface area contributed by atoms with Gasteiger partial charge in [0.1, 0.15) is 11.3 Å². The molecule has 0 spiro atoms. The average Bonchev–Trinajstić information content (AvgIpc) is 3.27. The standard InChI is InChI=1S/C22H22FN7O2S/c1-3-28-14-25-20-16(13-26-27-22(20)28)15-7-8-17(23)19(12-15)29-10-11-30(33(31,32)4-2)18-6-5-9-24-21(18)29/h5-9,12-14H,3-4,10-11H2,1-2H3. The monoisotopic (exact) mass is 467 g/mol. The second-order valence-corrected chi connectivity index (χ2v) is 9.78. The van der Waals surface area contributed by atoms with E-state index in [0.717, 1.165) is 11.1 Å². The first kappa shape index (κ1) is 21.3. The molecule has 3 aromatic heterocycles. The Bertz CT molecular complexity index is 1450. The molecule has 4 aromatic rings. The minimum Gasteiger partial charge on any atom is -0.320 e. The first-order valence-electron chi connectivity index (χ1n) is 10.6. The number of aromatic nitrogens is 5. The van der Waals surface area contributed by atoms with Crippen LogP contribution in [0.15, 0.2) is 49.1 Å². The molecule has 0 amide bonds. The quantitative estimate of drug-likeness (QED) is 0.444. The summed E-state index contributed by atoms with van der Waals surface area (Å²) in [5.41, 5.74) is 3.55. The summed E-state index contributed by atoms with van der Waals surface area (Å²) in [7, 11) is -3.48. The summed E-state index contributed by atoms with van der Waals surface area (Å²) in [6, 6.07) is 8.16. The minimum absolute atomic E-state index is 0.0272. The van der Waals surface area contributed by atoms with Crippen molar-refractivity contribution < 1.29 is 12.8 Å². The van der Waals surface area contributed by atoms with Gasteiger partial charge in [-0.25, -0.2) is 22.8 Å². The molecule has 0 N–H and O–H groups in total. The number of anilines is 3. The van der Waals surface area contributed by atoms with Crippen molar-refractivity contribution >= 4 is 38.4 Å². The fourth-order valence-electron chi connectivity index (χ4n) is 4.09. The second kappa shape index (κ2) is 8.07. The molecular weight excluding hydrogens is 445 g/mol. The zero-order chi connectivity index (χ0) is 23.2. The zero-order valence-corrected chi connectivity index (χ0v) is 19.0. The van der Waals surface area contributed by atoms with Crippen LogP contribution in [0.4, 0.5) is 21.6 Å². The van der Waals surface area contributed by atoms with Crippen molar-refractivity contribution in [3.05, 3.63) is 54.9 Å². The number of halogens is 1. The van der Waals surface area contributed by atoms with Crippen molar-refractivity contribution in [1.29, 1.82) is 0 Å². The van der Waals surface area contributed by atoms with Gasteiger partial charge in [-0.2, -0.15) is 5.10 Å². The van der Waals surface area contributed by atoms with Crippen LogP contribution in [0.25, 0.3) is 22.3 Å². The lowest BCUT2D eigenvalue weighted by Gasteiger charge is -2.37. The Hall–Kier alpha value is -3.60. The molecule has 0 atom stereocenters. The molecule has 0 saturated heterocycles. The predicted octanol–water partition coefficient (Wildman–Crippen LogP) is 3.36. The number of aryl methyl sites for hydroxylation is 1. The fraction of sp³-hybridized carbons (Fsp3) is 0.273. The molecule has 0 bridgehead atoms. The van der Waals surface area contributed by atoms with E-state index < -0.39 is 15.8 Å². The third-order valence-corrected chi connectivity index (χ3v) is 7.59. The highest BCUT2D eigenvalue weighted by Gasteiger charge is 2.32. The lowest BCUT2D eigenvalue weighted by Crippen LogP contribution is -2.43. The Morgan fingerprint density at radius 2 is 1.94 bits per heavy atom. The number of hydrogen-bond acceptors (Lipinski definition) is 7. The average molecular weight is 468 g/mol. The Morgan fingerprint density at radius 1 is 1.09 bits per heavy atom. The second-order valence-electron chi connectivity index (χ2n) is 7.60. The number of sulfonamides is 1. The highest BCUT2D eigenvalue weighted by molar-refractivity contribution is 7.92. The summed E-state index contributed by atoms with van der Waals surface area (Å²) in [6.45, 7) is 4.76. The van der Waals surface area contributed by atoms with Crippen LogP contribution in [0, 0.1) is 5.82 Å². The van der Waals surface area contributed by atoms with Crippen LogP contribution < -0.4 is 9.21 Å². The minimum atomic E-state index is -3.48. The van der Waals surface area contributed by atoms with E-state index in [1.807, 2.05) is 11.5 Å². The number of pyridine rings is 1. The maximum absolute atomic E-state index is 15.1. The summed E-state index contributed by atoms with van der Waals surface area (Å²) >= 11 is 0. The number of fused-ring (bicyclic) bond motifs is 2. The van der Waals surface area contributed by atoms with Crippen molar-refractivity contribution in [3.63, 3.8) is 0 Å². The SMILES string of the molecule is CCn1cnc2c(-c3ccc(F)c(N4CCN(S(=O)(=O)CC)c5cccnc54)c3)cnnc21. The van der Waals surface area contributed by atoms with Gasteiger partial charge in [0.2, 0.25) is 10.0 Å². The first-order chi connectivity index (χ1) is 15.9. The van der Waals surface area contributed by atoms with Crippen molar-refractivity contribution in [2.75, 3.05) is 28.0 Å². The van der Waals surface area contributed by atoms with E-state index in [9.17, 15) is 8.42 Å². The van der Waals surface area contributed by atoms with Gasteiger partial charge in [-0.05, 0) is 43.7 Å². The molecule has 170 valence electrons. The third kappa shape index (κ3) is 3.48. The molecule has 0 unspecified atom stereocenters. The molecule has 9 nitrogen and oxygen atoms in total. The van der Waals surface area contributed by atoms with Gasteiger partial charge in [0.25, 0.3) is 0 Å². The van der Waals surface area contributed by atoms with Crippen LogP contribution in [-0.2, 0) is 16.6 Å². The number of rotatable bonds is 5. The summed E-state index contributed by atoms with van der Waals surface area (Å²) in [5.74, 6) is -0.0646. The summed E-state index contributed by atoms with van der Waals surface area (Å²) in [5, 5.41) is 8.30. The number of nitrogens with zero attached hydrogens (tertiary/aromatic N) is 7. The molecule has 1 aliphatic rings. The van der Waals surface area contributed by atoms with E-state index in [4.69, 9.17) is 0 Å². The number of benzene rings is 1. The van der Waals surface area contributed by atoms with Gasteiger partial charge in [0.05, 0.1) is 36.2 Å². The van der Waals surface area contributed by atoms with E-state index in [1.54, 1.807) is 54.8 Å². The van der Waals surface area contributed by atoms with Crippen LogP contribution in [0.5, 0.6) is 0 Å². The normalized spacial score (nSPS) is 14.0. The Labute approximate surface area is 190 Å². The Kier molecular flexibility index (Phi) is 5.20. The molecule has 0 radical (unpaired) electrons. The van der Waals surface area contributed by atoms with Gasteiger partial charge >= 0.3 is 0 Å². The highest BCUT2D eigenvalue weighted by Crippen LogP contribution is 2.39. The fourth-order valence-corrected chi connectivity index (χ4v) is 5.20. The van der Waals surface area contributed by atoms with E-state index >= 15 is 4.39 Å². The Balaban J connectivity index is 1.63. The molecule has 33 heavy (non-hydrogen) atoms. The van der Waals surface area contributed by atoms with Gasteiger partial charge in [-0.15, -0.1) is 5.10 Å². The molecule has 1 aliphatic heterocycles. The van der Waals surface area contributed by atoms with Crippen LogP contribution in [-0.4, -0.2) is 52.0 Å². The molecule has 0 fully saturated rings. The van der Waals surface area contributed by atoms with Crippen LogP contribution in [0.1, 0.15) is 13.8 Å². The van der Waals surface area contributed by atoms with Crippen LogP contribution in [0.3, 0.4) is 0 Å². The van der Waals surface area contributed by atoms with E-state index in [-0.39, 0.29) is 18.8 Å². The number of imidazole rings is 1. The molecule has 5 rings (SSSR count). The summed E-state index contributed by atoms with van der Waals surface area (Å²) in [4.78, 5) is 10.6. The van der Waals surface area contributed by atoms with Gasteiger partial charge in [-0.3, -0.25) is 4.31 Å². The van der Waals surface area contributed by atoms with Crippen molar-refractivity contribution in [2.24, 2.45) is 0 Å². The lowest BCUT2D eigenvalue weighted by atomic mass is 10.1. The van der Waals surface area contributed by atoms with E-state index in [1.165, 1.54) is 10.4 Å². The smallest absolute Gasteiger partial charge is 0.235 e. The first-order valence-corrected chi connectivity index (χ1v) is 12.2. The van der Waals surface area contributed by atoms with Crippen LogP contribution >= 0.6 is 0 Å². The van der Waals surface area contributed by atoms with Gasteiger partial charge in [0, 0.05) is 24.8 Å². The predicted molar refractivity (Wildman–Crippen MR) is 124 cm³/mol. The molecule has 0 aliphatic carbocycles. The zero-order valence-electron chi connectivity index (χ0n) is 18.2. The molecule has 11 heteroatoms. The molecule has 4 heterocycles. The van der Waals surface area contributed by atoms with E-state index in [0.29, 0.717) is 34.9 Å². The maximum Gasteiger partial charge on any atom is 0.235 e. The lowest BCUT2D eigenvalue weighted by molar-refractivity contribution is 0.589. The van der Waals surface area contributed by atoms with E-state index in [2.05, 4.69) is 20.2 Å². The maximum atomic E-state index is 15.1. The largest absolute Gasteiger partial charge is 0.320 e. The molecule has 0 saturated carbocycles. The van der Waals surface area contributed by atoms with Crippen molar-refractivity contribution in [2.45, 2.75) is 20.4 Å². The van der Waals surface area contributed by atoms with Crippen LogP contribution in [0.2, 0.25) is 0 Å². The van der Waals surface area contributed by atoms with Gasteiger partial charge < -0.3 is 9.47 Å². The third-order valence-electron chi connectivity index (χ3n) is 5.81. The highest BCUT2D eigenvalue weighted by atomic mass is 32.2. The Morgan fingerprint density at radius 3 is 2.73 bits per heavy atom. The molecular formula is C22H22FN7O2S. The molecule has 1 aromatic carbocycles. The number of hydrogen-bond donors (Lipinski definition) is 0. The van der Waals surface area contributed by atoms with Crippen molar-refractivity contribution in [3.8, 4) is 11.1 Å². The van der Waals surface area contributed by atoms with Crippen molar-refractivity contribution in [1.82, 2.24) is 24.7 Å². The summed E-state index contributed by atoms with van der Waals surface area (Å²) in [6.07, 6.45) is 4.90.